The summed E-state index contributed by atoms with van der Waals surface area (Å²) in [6.45, 7) is 3.32. The molecule has 1 aliphatic carbocycles. The number of carbonyl (C=O) groups excluding carboxylic acids is 1. The van der Waals surface area contributed by atoms with Crippen LogP contribution in [-0.2, 0) is 20.6 Å². The van der Waals surface area contributed by atoms with Crippen LogP contribution in [-0.4, -0.2) is 68.0 Å². The molecule has 0 radical (unpaired) electrons. The van der Waals surface area contributed by atoms with Gasteiger partial charge in [0.05, 0.1) is 11.1 Å². The standard InChI is InChI=1S/C17H26N4O4S.ClH/c22-16(17-5-2-1-3-14(17)11-18-13-17)20-6-8-21(9-7-20)26(23,24)12-15-4-10-25-19-15;/h4,10,14,18H,1-3,5-9,11-13H2;1H/t14-,17+;/m0./s1. The van der Waals surface area contributed by atoms with Crippen LogP contribution >= 0.6 is 12.4 Å². The lowest BCUT2D eigenvalue weighted by molar-refractivity contribution is -0.146. The minimum absolute atomic E-state index is 0. The average Bonchev–Trinajstić information content (AvgIpc) is 3.30. The van der Waals surface area contributed by atoms with Crippen LogP contribution in [0.3, 0.4) is 0 Å². The van der Waals surface area contributed by atoms with E-state index in [4.69, 9.17) is 4.52 Å². The number of amides is 1. The maximum Gasteiger partial charge on any atom is 0.230 e. The van der Waals surface area contributed by atoms with Crippen molar-refractivity contribution < 1.29 is 17.7 Å². The van der Waals surface area contributed by atoms with Crippen molar-refractivity contribution in [2.45, 2.75) is 31.4 Å². The number of nitrogens with zero attached hydrogens (tertiary/aromatic N) is 3. The maximum absolute atomic E-state index is 13.3. The molecule has 1 saturated carbocycles. The SMILES string of the molecule is Cl.O=C(N1CCN(S(=O)(=O)Cc2ccon2)CC1)[C@@]12CCCC[C@H]1CNC2. The number of sulfonamides is 1. The van der Waals surface area contributed by atoms with E-state index in [2.05, 4.69) is 10.5 Å². The van der Waals surface area contributed by atoms with Crippen molar-refractivity contribution in [1.82, 2.24) is 19.7 Å². The van der Waals surface area contributed by atoms with Gasteiger partial charge in [-0.05, 0) is 25.3 Å². The van der Waals surface area contributed by atoms with Gasteiger partial charge in [0, 0.05) is 38.8 Å². The fourth-order valence-electron chi connectivity index (χ4n) is 4.74. The molecule has 2 saturated heterocycles. The lowest BCUT2D eigenvalue weighted by atomic mass is 9.67. The molecule has 0 bridgehead atoms. The van der Waals surface area contributed by atoms with Crippen LogP contribution in [0.2, 0.25) is 0 Å². The zero-order valence-corrected chi connectivity index (χ0v) is 16.9. The van der Waals surface area contributed by atoms with E-state index in [1.807, 2.05) is 4.90 Å². The highest BCUT2D eigenvalue weighted by molar-refractivity contribution is 7.88. The number of carbonyl (C=O) groups is 1. The topological polar surface area (TPSA) is 95.8 Å². The van der Waals surface area contributed by atoms with Crippen LogP contribution < -0.4 is 5.32 Å². The van der Waals surface area contributed by atoms with Crippen LogP contribution in [0.15, 0.2) is 16.9 Å². The summed E-state index contributed by atoms with van der Waals surface area (Å²) in [6, 6.07) is 1.56. The fraction of sp³-hybridized carbons (Fsp3) is 0.765. The number of piperazine rings is 1. The third-order valence-electron chi connectivity index (χ3n) is 6.20. The minimum Gasteiger partial charge on any atom is -0.364 e. The van der Waals surface area contributed by atoms with Crippen molar-refractivity contribution >= 4 is 28.3 Å². The molecule has 3 aliphatic rings. The van der Waals surface area contributed by atoms with Gasteiger partial charge in [-0.2, -0.15) is 4.31 Å². The number of nitrogens with one attached hydrogen (secondary N) is 1. The molecule has 1 aromatic heterocycles. The monoisotopic (exact) mass is 418 g/mol. The Bertz CT molecular complexity index is 749. The molecule has 1 aromatic rings. The Kier molecular flexibility index (Phi) is 6.14. The molecule has 3 fully saturated rings. The number of aromatic nitrogens is 1. The Balaban J connectivity index is 0.00000210. The van der Waals surface area contributed by atoms with Crippen LogP contribution in [0.5, 0.6) is 0 Å². The molecular weight excluding hydrogens is 392 g/mol. The van der Waals surface area contributed by atoms with Gasteiger partial charge < -0.3 is 14.7 Å². The quantitative estimate of drug-likeness (QED) is 0.778. The highest BCUT2D eigenvalue weighted by atomic mass is 35.5. The first-order valence-corrected chi connectivity index (χ1v) is 11.0. The number of halogens is 1. The van der Waals surface area contributed by atoms with Crippen LogP contribution in [0.1, 0.15) is 31.4 Å². The van der Waals surface area contributed by atoms with Gasteiger partial charge in [-0.3, -0.25) is 4.79 Å². The van der Waals surface area contributed by atoms with E-state index in [-0.39, 0.29) is 29.5 Å². The molecule has 3 heterocycles. The van der Waals surface area contributed by atoms with Gasteiger partial charge in [0.25, 0.3) is 0 Å². The second kappa shape index (κ2) is 8.06. The van der Waals surface area contributed by atoms with Crippen molar-refractivity contribution in [2.75, 3.05) is 39.3 Å². The molecule has 1 N–H and O–H groups in total. The minimum atomic E-state index is -3.44. The number of fused-ring (bicyclic) bond motifs is 1. The molecule has 8 nitrogen and oxygen atoms in total. The molecule has 2 atom stereocenters. The van der Waals surface area contributed by atoms with Crippen molar-refractivity contribution in [1.29, 1.82) is 0 Å². The number of hydrogen-bond acceptors (Lipinski definition) is 6. The van der Waals surface area contributed by atoms with Gasteiger partial charge in [0.1, 0.15) is 12.0 Å². The van der Waals surface area contributed by atoms with Crippen LogP contribution in [0, 0.1) is 11.3 Å². The zero-order valence-electron chi connectivity index (χ0n) is 15.3. The van der Waals surface area contributed by atoms with E-state index in [0.29, 0.717) is 37.8 Å². The second-order valence-corrected chi connectivity index (χ2v) is 9.64. The predicted octanol–water partition coefficient (Wildman–Crippen LogP) is 0.850. The van der Waals surface area contributed by atoms with Crippen LogP contribution in [0.4, 0.5) is 0 Å². The van der Waals surface area contributed by atoms with Gasteiger partial charge in [0.15, 0.2) is 0 Å². The Morgan fingerprint density at radius 3 is 2.78 bits per heavy atom. The smallest absolute Gasteiger partial charge is 0.230 e. The molecule has 0 aromatic carbocycles. The highest BCUT2D eigenvalue weighted by Crippen LogP contribution is 2.45. The summed E-state index contributed by atoms with van der Waals surface area (Å²) < 4.78 is 31.3. The van der Waals surface area contributed by atoms with Gasteiger partial charge in [-0.1, -0.05) is 18.0 Å². The Hall–Kier alpha value is -1.16. The zero-order chi connectivity index (χ0) is 18.2. The Labute approximate surface area is 166 Å². The number of hydrogen-bond donors (Lipinski definition) is 1. The second-order valence-electron chi connectivity index (χ2n) is 7.67. The van der Waals surface area contributed by atoms with Crippen molar-refractivity contribution in [3.05, 3.63) is 18.0 Å². The normalized spacial score (nSPS) is 29.2. The summed E-state index contributed by atoms with van der Waals surface area (Å²) in [5.74, 6) is 0.492. The third-order valence-corrected chi connectivity index (χ3v) is 8.02. The summed E-state index contributed by atoms with van der Waals surface area (Å²) in [5, 5.41) is 7.10. The Morgan fingerprint density at radius 1 is 1.30 bits per heavy atom. The predicted molar refractivity (Wildman–Crippen MR) is 102 cm³/mol. The van der Waals surface area contributed by atoms with E-state index in [9.17, 15) is 13.2 Å². The lowest BCUT2D eigenvalue weighted by Gasteiger charge is -2.43. The summed E-state index contributed by atoms with van der Waals surface area (Å²) in [7, 11) is -3.44. The molecule has 0 spiro atoms. The molecule has 2 aliphatic heterocycles. The van der Waals surface area contributed by atoms with E-state index in [1.54, 1.807) is 6.07 Å². The molecule has 0 unspecified atom stereocenters. The van der Waals surface area contributed by atoms with Crippen molar-refractivity contribution in [3.63, 3.8) is 0 Å². The maximum atomic E-state index is 13.3. The molecule has 4 rings (SSSR count). The van der Waals surface area contributed by atoms with Gasteiger partial charge in [-0.25, -0.2) is 8.42 Å². The lowest BCUT2D eigenvalue weighted by Crippen LogP contribution is -2.56. The molecule has 152 valence electrons. The average molecular weight is 419 g/mol. The van der Waals surface area contributed by atoms with Crippen molar-refractivity contribution in [2.24, 2.45) is 11.3 Å². The Morgan fingerprint density at radius 2 is 2.07 bits per heavy atom. The third kappa shape index (κ3) is 3.87. The molecule has 27 heavy (non-hydrogen) atoms. The first kappa shape index (κ1) is 20.6. The van der Waals surface area contributed by atoms with Gasteiger partial charge >= 0.3 is 0 Å². The van der Waals surface area contributed by atoms with Gasteiger partial charge in [-0.15, -0.1) is 12.4 Å². The summed E-state index contributed by atoms with van der Waals surface area (Å²) in [4.78, 5) is 15.1. The first-order chi connectivity index (χ1) is 12.5. The molecular formula is C17H27ClN4O4S. The highest BCUT2D eigenvalue weighted by Gasteiger charge is 2.51. The molecule has 10 heteroatoms. The van der Waals surface area contributed by atoms with Crippen LogP contribution in [0.25, 0.3) is 0 Å². The van der Waals surface area contributed by atoms with E-state index < -0.39 is 10.0 Å². The van der Waals surface area contributed by atoms with Gasteiger partial charge in [0.2, 0.25) is 15.9 Å². The fourth-order valence-corrected chi connectivity index (χ4v) is 6.17. The summed E-state index contributed by atoms with van der Waals surface area (Å²) >= 11 is 0. The van der Waals surface area contributed by atoms with E-state index >= 15 is 0 Å². The summed E-state index contributed by atoms with van der Waals surface area (Å²) in [6.07, 6.45) is 5.75. The largest absolute Gasteiger partial charge is 0.364 e. The number of rotatable bonds is 4. The molecule has 1 amide bonds. The van der Waals surface area contributed by atoms with E-state index in [0.717, 1.165) is 32.4 Å². The summed E-state index contributed by atoms with van der Waals surface area (Å²) in [5.41, 5.74) is 0.143. The van der Waals surface area contributed by atoms with Crippen molar-refractivity contribution in [3.8, 4) is 0 Å². The van der Waals surface area contributed by atoms with E-state index in [1.165, 1.54) is 17.0 Å². The first-order valence-electron chi connectivity index (χ1n) is 9.38.